The molecule has 2 unspecified atom stereocenters. The van der Waals surface area contributed by atoms with E-state index in [0.29, 0.717) is 12.0 Å². The Morgan fingerprint density at radius 2 is 2.00 bits per heavy atom. The molecular weight excluding hydrogens is 270 g/mol. The summed E-state index contributed by atoms with van der Waals surface area (Å²) in [5.41, 5.74) is 1.21. The predicted octanol–water partition coefficient (Wildman–Crippen LogP) is 3.47. The number of hydrogen-bond acceptors (Lipinski definition) is 4. The van der Waals surface area contributed by atoms with Gasteiger partial charge >= 0.3 is 0 Å². The molecule has 0 amide bonds. The van der Waals surface area contributed by atoms with Crippen LogP contribution in [0.25, 0.3) is 0 Å². The van der Waals surface area contributed by atoms with Gasteiger partial charge in [0.2, 0.25) is 0 Å². The van der Waals surface area contributed by atoms with Gasteiger partial charge in [-0.15, -0.1) is 11.8 Å². The molecule has 114 valence electrons. The first kappa shape index (κ1) is 17.3. The molecule has 1 aromatic rings. The van der Waals surface area contributed by atoms with Crippen molar-refractivity contribution in [2.75, 3.05) is 20.0 Å². The smallest absolute Gasteiger partial charge is 0.132 e. The maximum Gasteiger partial charge on any atom is 0.132 e. The van der Waals surface area contributed by atoms with E-state index in [4.69, 9.17) is 9.84 Å². The van der Waals surface area contributed by atoms with Crippen LogP contribution in [0, 0.1) is 5.92 Å². The molecule has 0 aliphatic heterocycles. The summed E-state index contributed by atoms with van der Waals surface area (Å²) in [5.74, 6) is 1.42. The molecule has 0 aliphatic carbocycles. The van der Waals surface area contributed by atoms with Gasteiger partial charge in [-0.25, -0.2) is 0 Å². The van der Waals surface area contributed by atoms with Gasteiger partial charge in [0.15, 0.2) is 0 Å². The molecular formula is C16H27NO2S. The fourth-order valence-corrected chi connectivity index (χ4v) is 2.84. The topological polar surface area (TPSA) is 41.5 Å². The number of hydrogen-bond donors (Lipinski definition) is 2. The summed E-state index contributed by atoms with van der Waals surface area (Å²) in [5, 5.41) is 12.8. The first-order chi connectivity index (χ1) is 9.53. The van der Waals surface area contributed by atoms with Gasteiger partial charge in [0.25, 0.3) is 0 Å². The molecule has 0 saturated heterocycles. The highest BCUT2D eigenvalue weighted by Crippen LogP contribution is 2.30. The van der Waals surface area contributed by atoms with Crippen LogP contribution < -0.4 is 10.1 Å². The molecule has 1 aromatic carbocycles. The highest BCUT2D eigenvalue weighted by Gasteiger charge is 2.17. The Morgan fingerprint density at radius 1 is 1.30 bits per heavy atom. The third-order valence-corrected chi connectivity index (χ3v) is 4.39. The van der Waals surface area contributed by atoms with Gasteiger partial charge in [-0.05, 0) is 43.2 Å². The van der Waals surface area contributed by atoms with Crippen LogP contribution in [0.5, 0.6) is 5.75 Å². The van der Waals surface area contributed by atoms with Crippen molar-refractivity contribution in [3.63, 3.8) is 0 Å². The van der Waals surface area contributed by atoms with E-state index in [1.54, 1.807) is 18.9 Å². The third kappa shape index (κ3) is 4.69. The molecule has 0 bridgehead atoms. The number of rotatable bonds is 8. The molecule has 0 spiro atoms. The molecule has 1 rings (SSSR count). The second kappa shape index (κ2) is 8.55. The summed E-state index contributed by atoms with van der Waals surface area (Å²) >= 11 is 1.69. The van der Waals surface area contributed by atoms with Gasteiger partial charge in [-0.1, -0.05) is 19.9 Å². The van der Waals surface area contributed by atoms with Crippen molar-refractivity contribution >= 4 is 11.8 Å². The number of ether oxygens (including phenoxy) is 1. The van der Waals surface area contributed by atoms with Crippen molar-refractivity contribution in [2.24, 2.45) is 5.92 Å². The van der Waals surface area contributed by atoms with Crippen LogP contribution >= 0.6 is 11.8 Å². The monoisotopic (exact) mass is 297 g/mol. The van der Waals surface area contributed by atoms with Crippen molar-refractivity contribution < 1.29 is 9.84 Å². The van der Waals surface area contributed by atoms with Crippen molar-refractivity contribution in [2.45, 2.75) is 44.2 Å². The van der Waals surface area contributed by atoms with E-state index in [0.717, 1.165) is 17.1 Å². The molecule has 0 radical (unpaired) electrons. The molecule has 0 aromatic heterocycles. The van der Waals surface area contributed by atoms with Crippen molar-refractivity contribution in [1.29, 1.82) is 0 Å². The van der Waals surface area contributed by atoms with Crippen LogP contribution in [0.2, 0.25) is 0 Å². The molecule has 4 heteroatoms. The van der Waals surface area contributed by atoms with E-state index in [9.17, 15) is 0 Å². The van der Waals surface area contributed by atoms with Crippen LogP contribution in [0.4, 0.5) is 0 Å². The Balaban J connectivity index is 2.83. The fourth-order valence-electron chi connectivity index (χ4n) is 2.29. The molecule has 0 heterocycles. The lowest BCUT2D eigenvalue weighted by molar-refractivity contribution is 0.237. The Kier molecular flexibility index (Phi) is 7.41. The van der Waals surface area contributed by atoms with Crippen molar-refractivity contribution in [3.8, 4) is 5.75 Å². The second-order valence-electron chi connectivity index (χ2n) is 5.37. The van der Waals surface area contributed by atoms with Gasteiger partial charge in [0.1, 0.15) is 5.75 Å². The van der Waals surface area contributed by atoms with Gasteiger partial charge in [-0.3, -0.25) is 0 Å². The lowest BCUT2D eigenvalue weighted by atomic mass is 9.98. The Morgan fingerprint density at radius 3 is 2.50 bits per heavy atom. The summed E-state index contributed by atoms with van der Waals surface area (Å²) in [6, 6.07) is 6.90. The molecule has 0 saturated carbocycles. The third-order valence-electron chi connectivity index (χ3n) is 3.62. The standard InChI is InChI=1S/C16H27NO2S/c1-11(2)14(8-9-18)17-12(3)13-6-7-16(20-5)15(10-13)19-4/h6-7,10-12,14,17-18H,8-9H2,1-5H3. The van der Waals surface area contributed by atoms with Gasteiger partial charge in [0, 0.05) is 23.6 Å². The summed E-state index contributed by atoms with van der Waals surface area (Å²) in [4.78, 5) is 1.15. The van der Waals surface area contributed by atoms with Gasteiger partial charge in [-0.2, -0.15) is 0 Å². The Hall–Kier alpha value is -0.710. The molecule has 0 fully saturated rings. The van der Waals surface area contributed by atoms with E-state index >= 15 is 0 Å². The van der Waals surface area contributed by atoms with Crippen molar-refractivity contribution in [1.82, 2.24) is 5.32 Å². The largest absolute Gasteiger partial charge is 0.496 e. The molecule has 3 nitrogen and oxygen atoms in total. The normalized spacial score (nSPS) is 14.3. The first-order valence-electron chi connectivity index (χ1n) is 7.12. The average molecular weight is 297 g/mol. The van der Waals surface area contributed by atoms with Gasteiger partial charge < -0.3 is 15.2 Å². The first-order valence-corrected chi connectivity index (χ1v) is 8.34. The van der Waals surface area contributed by atoms with E-state index < -0.39 is 0 Å². The zero-order valence-corrected chi connectivity index (χ0v) is 14.0. The number of thioether (sulfide) groups is 1. The predicted molar refractivity (Wildman–Crippen MR) is 86.7 cm³/mol. The second-order valence-corrected chi connectivity index (χ2v) is 6.21. The van der Waals surface area contributed by atoms with Crippen LogP contribution in [0.15, 0.2) is 23.1 Å². The van der Waals surface area contributed by atoms with Crippen LogP contribution in [-0.2, 0) is 0 Å². The minimum absolute atomic E-state index is 0.220. The van der Waals surface area contributed by atoms with Crippen LogP contribution in [-0.4, -0.2) is 31.1 Å². The summed E-state index contributed by atoms with van der Waals surface area (Å²) in [6.07, 6.45) is 2.83. The number of methoxy groups -OCH3 is 1. The van der Waals surface area contributed by atoms with E-state index in [1.807, 2.05) is 0 Å². The number of benzene rings is 1. The zero-order valence-electron chi connectivity index (χ0n) is 13.1. The van der Waals surface area contributed by atoms with E-state index in [2.05, 4.69) is 50.5 Å². The summed E-state index contributed by atoms with van der Waals surface area (Å²) in [6.45, 7) is 6.73. The average Bonchev–Trinajstić information content (AvgIpc) is 2.45. The van der Waals surface area contributed by atoms with E-state index in [-0.39, 0.29) is 12.6 Å². The molecule has 2 N–H and O–H groups in total. The highest BCUT2D eigenvalue weighted by molar-refractivity contribution is 7.98. The SMILES string of the molecule is COc1cc(C(C)NC(CCO)C(C)C)ccc1SC. The molecule has 2 atom stereocenters. The lowest BCUT2D eigenvalue weighted by Gasteiger charge is -2.26. The van der Waals surface area contributed by atoms with Gasteiger partial charge in [0.05, 0.1) is 7.11 Å². The van der Waals surface area contributed by atoms with Crippen molar-refractivity contribution in [3.05, 3.63) is 23.8 Å². The summed E-state index contributed by atoms with van der Waals surface area (Å²) < 4.78 is 5.44. The quantitative estimate of drug-likeness (QED) is 0.721. The summed E-state index contributed by atoms with van der Waals surface area (Å²) in [7, 11) is 1.71. The zero-order chi connectivity index (χ0) is 15.1. The maximum absolute atomic E-state index is 9.16. The maximum atomic E-state index is 9.16. The number of aliphatic hydroxyl groups excluding tert-OH is 1. The molecule has 20 heavy (non-hydrogen) atoms. The Bertz CT molecular complexity index is 409. The highest BCUT2D eigenvalue weighted by atomic mass is 32.2. The fraction of sp³-hybridized carbons (Fsp3) is 0.625. The van der Waals surface area contributed by atoms with Crippen LogP contribution in [0.1, 0.15) is 38.8 Å². The molecule has 0 aliphatic rings. The number of aliphatic hydroxyl groups is 1. The van der Waals surface area contributed by atoms with E-state index in [1.165, 1.54) is 5.56 Å². The Labute approximate surface area is 127 Å². The lowest BCUT2D eigenvalue weighted by Crippen LogP contribution is -2.36. The van der Waals surface area contributed by atoms with Crippen LogP contribution in [0.3, 0.4) is 0 Å². The number of nitrogens with one attached hydrogen (secondary N) is 1. The minimum Gasteiger partial charge on any atom is -0.496 e. The minimum atomic E-state index is 0.220.